The molecule has 0 aliphatic carbocycles. The molecular weight excluding hydrogens is 679 g/mol. The van der Waals surface area contributed by atoms with Crippen molar-refractivity contribution in [3.8, 4) is 28.8 Å². The lowest BCUT2D eigenvalue weighted by Gasteiger charge is -2.24. The Morgan fingerprint density at radius 1 is 1.07 bits per heavy atom. The van der Waals surface area contributed by atoms with Gasteiger partial charge in [0.2, 0.25) is 11.8 Å². The summed E-state index contributed by atoms with van der Waals surface area (Å²) in [7, 11) is 5.00. The van der Waals surface area contributed by atoms with Crippen molar-refractivity contribution in [3.05, 3.63) is 36.1 Å². The van der Waals surface area contributed by atoms with E-state index in [1.807, 2.05) is 62.6 Å². The molecule has 0 spiro atoms. The number of hydrogen-bond acceptors (Lipinski definition) is 11. The summed E-state index contributed by atoms with van der Waals surface area (Å²) in [5, 5.41) is 15.4. The Bertz CT molecular complexity index is 1230. The minimum Gasteiger partial charge on any atom is -0.494 e. The second-order valence-electron chi connectivity index (χ2n) is 9.86. The first-order valence-electron chi connectivity index (χ1n) is 13.2. The monoisotopic (exact) mass is 718 g/mol. The van der Waals surface area contributed by atoms with Crippen molar-refractivity contribution in [3.63, 3.8) is 0 Å². The number of benzene rings is 1. The zero-order chi connectivity index (χ0) is 29.8. The van der Waals surface area contributed by atoms with Gasteiger partial charge in [-0.3, -0.25) is 8.87 Å². The Morgan fingerprint density at radius 2 is 1.80 bits per heavy atom. The maximum atomic E-state index is 11.8. The van der Waals surface area contributed by atoms with Crippen LogP contribution in [0.25, 0.3) is 17.3 Å². The van der Waals surface area contributed by atoms with Crippen molar-refractivity contribution in [2.45, 2.75) is 39.7 Å². The second-order valence-corrected chi connectivity index (χ2v) is 13.5. The van der Waals surface area contributed by atoms with Crippen LogP contribution in [0.1, 0.15) is 33.0 Å². The number of aromatic nitrogens is 3. The number of para-hydroxylation sites is 1. The predicted octanol–water partition coefficient (Wildman–Crippen LogP) is 5.90. The fraction of sp³-hybridized carbons (Fsp3) is 0.519. The van der Waals surface area contributed by atoms with Crippen LogP contribution in [0.15, 0.2) is 34.7 Å². The number of aryl methyl sites for hydroxylation is 1. The number of halogens is 1. The highest BCUT2D eigenvalue weighted by Crippen LogP contribution is 2.39. The Kier molecular flexibility index (Phi) is 13.3. The van der Waals surface area contributed by atoms with Crippen molar-refractivity contribution in [2.24, 2.45) is 0 Å². The Morgan fingerprint density at radius 3 is 2.41 bits per heavy atom. The molecule has 0 fully saturated rings. The van der Waals surface area contributed by atoms with Gasteiger partial charge in [-0.15, -0.1) is 10.2 Å². The molecule has 1 aromatic carbocycles. The van der Waals surface area contributed by atoms with Gasteiger partial charge in [0.05, 0.1) is 14.2 Å². The zero-order valence-corrected chi connectivity index (χ0v) is 28.2. The van der Waals surface area contributed by atoms with E-state index >= 15 is 0 Å². The first kappa shape index (κ1) is 33.2. The maximum absolute atomic E-state index is 11.8. The molecule has 2 N–H and O–H groups in total. The minimum absolute atomic E-state index is 0.392. The Labute approximate surface area is 262 Å². The summed E-state index contributed by atoms with van der Waals surface area (Å²) >= 11 is 3.98. The average Bonchev–Trinajstić information content (AvgIpc) is 3.56. The normalized spacial score (nSPS) is 11.4. The van der Waals surface area contributed by atoms with Crippen LogP contribution in [0.2, 0.25) is 0 Å². The second kappa shape index (κ2) is 16.4. The molecule has 3 aromatic rings. The van der Waals surface area contributed by atoms with Crippen molar-refractivity contribution in [2.75, 3.05) is 56.2 Å². The molecule has 0 saturated heterocycles. The SMILES string of the molecule is COc1cccc(OC)c1-n1c(-c2ccc(C)o2)nnc1N(CCSI)SCCNCCCNC(=O)OC(C)(C)C. The van der Waals surface area contributed by atoms with E-state index in [0.29, 0.717) is 41.3 Å². The quantitative estimate of drug-likeness (QED) is 0.105. The van der Waals surface area contributed by atoms with Crippen molar-refractivity contribution in [1.29, 1.82) is 0 Å². The van der Waals surface area contributed by atoms with Gasteiger partial charge < -0.3 is 29.3 Å². The summed E-state index contributed by atoms with van der Waals surface area (Å²) in [5.74, 6) is 5.54. The van der Waals surface area contributed by atoms with Crippen LogP contribution in [0, 0.1) is 6.92 Å². The smallest absolute Gasteiger partial charge is 0.407 e. The third-order valence-corrected chi connectivity index (χ3v) is 8.25. The highest BCUT2D eigenvalue weighted by atomic mass is 127. The molecule has 2 aromatic heterocycles. The largest absolute Gasteiger partial charge is 0.494 e. The summed E-state index contributed by atoms with van der Waals surface area (Å²) in [6, 6.07) is 9.45. The van der Waals surface area contributed by atoms with E-state index in [1.54, 1.807) is 35.1 Å². The van der Waals surface area contributed by atoms with Gasteiger partial charge >= 0.3 is 6.09 Å². The molecule has 226 valence electrons. The summed E-state index contributed by atoms with van der Waals surface area (Å²) in [6.07, 6.45) is 0.407. The summed E-state index contributed by atoms with van der Waals surface area (Å²) in [6.45, 7) is 10.3. The van der Waals surface area contributed by atoms with Crippen LogP contribution in [0.3, 0.4) is 0 Å². The average molecular weight is 719 g/mol. The minimum atomic E-state index is -0.500. The number of nitrogens with zero attached hydrogens (tertiary/aromatic N) is 4. The number of nitrogens with one attached hydrogen (secondary N) is 2. The number of carbonyl (C=O) groups excluding carboxylic acids is 1. The number of carbonyl (C=O) groups is 1. The van der Waals surface area contributed by atoms with Crippen molar-refractivity contribution >= 4 is 54.1 Å². The van der Waals surface area contributed by atoms with Crippen LogP contribution >= 0.6 is 42.1 Å². The molecule has 0 aliphatic rings. The molecule has 41 heavy (non-hydrogen) atoms. The topological polar surface area (TPSA) is 116 Å². The van der Waals surface area contributed by atoms with E-state index in [-0.39, 0.29) is 0 Å². The Balaban J connectivity index is 1.74. The lowest BCUT2D eigenvalue weighted by molar-refractivity contribution is 0.0527. The lowest BCUT2D eigenvalue weighted by Crippen LogP contribution is -2.34. The van der Waals surface area contributed by atoms with Crippen LogP contribution in [0.5, 0.6) is 11.5 Å². The number of anilines is 1. The van der Waals surface area contributed by atoms with E-state index in [2.05, 4.69) is 46.3 Å². The maximum Gasteiger partial charge on any atom is 0.407 e. The molecule has 11 nitrogen and oxygen atoms in total. The first-order valence-corrected chi connectivity index (χ1v) is 17.7. The van der Waals surface area contributed by atoms with Gasteiger partial charge in [0.1, 0.15) is 28.5 Å². The van der Waals surface area contributed by atoms with Crippen LogP contribution in [-0.4, -0.2) is 78.4 Å². The molecule has 0 unspecified atom stereocenters. The van der Waals surface area contributed by atoms with Crippen LogP contribution < -0.4 is 24.4 Å². The molecule has 0 aliphatic heterocycles. The van der Waals surface area contributed by atoms with E-state index in [9.17, 15) is 4.79 Å². The number of ether oxygens (including phenoxy) is 3. The molecule has 14 heteroatoms. The van der Waals surface area contributed by atoms with Gasteiger partial charge in [-0.25, -0.2) is 4.79 Å². The predicted molar refractivity (Wildman–Crippen MR) is 175 cm³/mol. The van der Waals surface area contributed by atoms with E-state index in [0.717, 1.165) is 43.3 Å². The molecule has 3 rings (SSSR count). The van der Waals surface area contributed by atoms with Gasteiger partial charge in [0.25, 0.3) is 0 Å². The number of hydrogen-bond donors (Lipinski definition) is 2. The molecule has 0 saturated carbocycles. The Hall–Kier alpha value is -2.30. The first-order chi connectivity index (χ1) is 19.7. The lowest BCUT2D eigenvalue weighted by atomic mass is 10.2. The summed E-state index contributed by atoms with van der Waals surface area (Å²) in [5.41, 5.74) is 0.199. The summed E-state index contributed by atoms with van der Waals surface area (Å²) < 4.78 is 26.8. The van der Waals surface area contributed by atoms with Crippen LogP contribution in [0.4, 0.5) is 10.7 Å². The third kappa shape index (κ3) is 9.89. The highest BCUT2D eigenvalue weighted by molar-refractivity contribution is 14.2. The molecule has 1 amide bonds. The zero-order valence-electron chi connectivity index (χ0n) is 24.4. The highest BCUT2D eigenvalue weighted by Gasteiger charge is 2.27. The fourth-order valence-corrected chi connectivity index (χ4v) is 5.69. The molecule has 2 heterocycles. The van der Waals surface area contributed by atoms with Gasteiger partial charge in [0, 0.05) is 31.1 Å². The number of methoxy groups -OCH3 is 2. The molecule has 0 bridgehead atoms. The summed E-state index contributed by atoms with van der Waals surface area (Å²) in [4.78, 5) is 11.8. The van der Waals surface area contributed by atoms with Crippen molar-refractivity contribution in [1.82, 2.24) is 25.4 Å². The number of alkyl carbamates (subject to hydrolysis) is 1. The number of furan rings is 1. The number of amides is 1. The number of rotatable bonds is 16. The van der Waals surface area contributed by atoms with E-state index < -0.39 is 11.7 Å². The van der Waals surface area contributed by atoms with Crippen molar-refractivity contribution < 1.29 is 23.4 Å². The standard InChI is InChI=1S/C27H39IN6O5S2/c1-19-11-12-22(38-19)24-31-32-25(34(24)23-20(36-5)9-7-10-21(23)37-6)33(16-18-40-28)41-17-15-29-13-8-14-30-26(35)39-27(2,3)4/h7,9-12,29H,8,13-18H2,1-6H3,(H,30,35). The van der Waals surface area contributed by atoms with E-state index in [1.165, 1.54) is 0 Å². The van der Waals surface area contributed by atoms with Gasteiger partial charge in [0.15, 0.2) is 5.76 Å². The van der Waals surface area contributed by atoms with Gasteiger partial charge in [-0.05, 0) is 98.1 Å². The third-order valence-electron chi connectivity index (χ3n) is 5.55. The molecule has 0 atom stereocenters. The van der Waals surface area contributed by atoms with Crippen LogP contribution in [-0.2, 0) is 4.74 Å². The molecular formula is C27H39IN6O5S2. The van der Waals surface area contributed by atoms with E-state index in [4.69, 9.17) is 18.6 Å². The van der Waals surface area contributed by atoms with Gasteiger partial charge in [-0.2, -0.15) is 0 Å². The fourth-order valence-electron chi connectivity index (χ4n) is 3.82. The van der Waals surface area contributed by atoms with Gasteiger partial charge in [-0.1, -0.05) is 15.0 Å². The molecule has 0 radical (unpaired) electrons.